The number of esters is 1. The number of benzene rings is 2. The van der Waals surface area contributed by atoms with Crippen LogP contribution in [0.2, 0.25) is 0 Å². The van der Waals surface area contributed by atoms with Crippen molar-refractivity contribution in [1.29, 1.82) is 0 Å². The summed E-state index contributed by atoms with van der Waals surface area (Å²) in [6.07, 6.45) is 0. The normalized spacial score (nSPS) is 11.9. The van der Waals surface area contributed by atoms with Crippen molar-refractivity contribution in [1.82, 2.24) is 0 Å². The van der Waals surface area contributed by atoms with Gasteiger partial charge in [0.1, 0.15) is 6.61 Å². The predicted octanol–water partition coefficient (Wildman–Crippen LogP) is 2.93. The van der Waals surface area contributed by atoms with E-state index in [1.165, 1.54) is 0 Å². The molecule has 0 aliphatic carbocycles. The summed E-state index contributed by atoms with van der Waals surface area (Å²) >= 11 is 0. The second-order valence-electron chi connectivity index (χ2n) is 4.76. The molecule has 0 aromatic heterocycles. The van der Waals surface area contributed by atoms with Crippen molar-refractivity contribution in [2.75, 3.05) is 13.2 Å². The highest BCUT2D eigenvalue weighted by Gasteiger charge is 2.14. The van der Waals surface area contributed by atoms with Gasteiger partial charge in [-0.1, -0.05) is 48.0 Å². The minimum Gasteiger partial charge on any atom is -0.461 e. The Bertz CT molecular complexity index is 563. The highest BCUT2D eigenvalue weighted by atomic mass is 16.5. The lowest BCUT2D eigenvalue weighted by molar-refractivity contribution is 0.0450. The summed E-state index contributed by atoms with van der Waals surface area (Å²) in [6, 6.07) is 16.8. The van der Waals surface area contributed by atoms with E-state index in [4.69, 9.17) is 4.74 Å². The first kappa shape index (κ1) is 14.3. The standard InChI is InChI=1S/C17H18O3/c1-13-6-5-9-15(10-13)17(19)20-12-16(11-18)14-7-3-2-4-8-14/h2-10,16,18H,11-12H2,1H3. The predicted molar refractivity (Wildman–Crippen MR) is 77.7 cm³/mol. The van der Waals surface area contributed by atoms with Gasteiger partial charge in [0, 0.05) is 5.92 Å². The van der Waals surface area contributed by atoms with Gasteiger partial charge in [-0.15, -0.1) is 0 Å². The second-order valence-corrected chi connectivity index (χ2v) is 4.76. The molecule has 0 fully saturated rings. The van der Waals surface area contributed by atoms with Gasteiger partial charge in [0.2, 0.25) is 0 Å². The lowest BCUT2D eigenvalue weighted by Crippen LogP contribution is -2.16. The maximum atomic E-state index is 11.9. The highest BCUT2D eigenvalue weighted by molar-refractivity contribution is 5.89. The van der Waals surface area contributed by atoms with E-state index in [1.807, 2.05) is 49.4 Å². The van der Waals surface area contributed by atoms with E-state index >= 15 is 0 Å². The number of aliphatic hydroxyl groups is 1. The Morgan fingerprint density at radius 3 is 2.55 bits per heavy atom. The molecule has 0 saturated heterocycles. The third-order valence-electron chi connectivity index (χ3n) is 3.16. The molecule has 1 atom stereocenters. The van der Waals surface area contributed by atoms with Crippen LogP contribution in [0.3, 0.4) is 0 Å². The minimum absolute atomic E-state index is 0.0505. The molecule has 0 aliphatic heterocycles. The quantitative estimate of drug-likeness (QED) is 0.850. The largest absolute Gasteiger partial charge is 0.461 e. The Morgan fingerprint density at radius 1 is 1.15 bits per heavy atom. The molecule has 0 heterocycles. The zero-order chi connectivity index (χ0) is 14.4. The average molecular weight is 270 g/mol. The van der Waals surface area contributed by atoms with Crippen LogP contribution in [0.5, 0.6) is 0 Å². The number of aryl methyl sites for hydroxylation is 1. The maximum absolute atomic E-state index is 11.9. The monoisotopic (exact) mass is 270 g/mol. The van der Waals surface area contributed by atoms with Crippen LogP contribution < -0.4 is 0 Å². The lowest BCUT2D eigenvalue weighted by Gasteiger charge is -2.15. The van der Waals surface area contributed by atoms with Gasteiger partial charge in [-0.3, -0.25) is 0 Å². The van der Waals surface area contributed by atoms with E-state index in [-0.39, 0.29) is 25.1 Å². The van der Waals surface area contributed by atoms with Crippen molar-refractivity contribution >= 4 is 5.97 Å². The minimum atomic E-state index is -0.358. The molecule has 2 rings (SSSR count). The van der Waals surface area contributed by atoms with Crippen LogP contribution in [-0.4, -0.2) is 24.3 Å². The molecule has 0 amide bonds. The van der Waals surface area contributed by atoms with Crippen LogP contribution in [0.1, 0.15) is 27.4 Å². The van der Waals surface area contributed by atoms with E-state index in [2.05, 4.69) is 0 Å². The molecule has 2 aromatic carbocycles. The third kappa shape index (κ3) is 3.68. The fraction of sp³-hybridized carbons (Fsp3) is 0.235. The fourth-order valence-electron chi connectivity index (χ4n) is 2.01. The van der Waals surface area contributed by atoms with Gasteiger partial charge >= 0.3 is 5.97 Å². The molecule has 0 radical (unpaired) electrons. The van der Waals surface area contributed by atoms with Gasteiger partial charge in [-0.2, -0.15) is 0 Å². The Kier molecular flexibility index (Phi) is 4.91. The molecular weight excluding hydrogens is 252 g/mol. The van der Waals surface area contributed by atoms with Crippen molar-refractivity contribution in [2.24, 2.45) is 0 Å². The molecule has 104 valence electrons. The Labute approximate surface area is 118 Å². The Balaban J connectivity index is 1.98. The molecule has 0 aliphatic rings. The zero-order valence-corrected chi connectivity index (χ0v) is 11.5. The molecule has 0 saturated carbocycles. The average Bonchev–Trinajstić information content (AvgIpc) is 2.49. The number of carbonyl (C=O) groups excluding carboxylic acids is 1. The van der Waals surface area contributed by atoms with Gasteiger partial charge in [-0.05, 0) is 24.6 Å². The number of carbonyl (C=O) groups is 1. The van der Waals surface area contributed by atoms with Crippen LogP contribution in [0.15, 0.2) is 54.6 Å². The summed E-state index contributed by atoms with van der Waals surface area (Å²) in [6.45, 7) is 2.05. The van der Waals surface area contributed by atoms with E-state index < -0.39 is 0 Å². The molecule has 2 aromatic rings. The molecule has 20 heavy (non-hydrogen) atoms. The topological polar surface area (TPSA) is 46.5 Å². The first-order valence-electron chi connectivity index (χ1n) is 6.60. The van der Waals surface area contributed by atoms with Gasteiger partial charge < -0.3 is 9.84 Å². The lowest BCUT2D eigenvalue weighted by atomic mass is 10.0. The number of ether oxygens (including phenoxy) is 1. The van der Waals surface area contributed by atoms with Crippen LogP contribution in [0.4, 0.5) is 0 Å². The van der Waals surface area contributed by atoms with E-state index in [0.29, 0.717) is 5.56 Å². The van der Waals surface area contributed by atoms with Gasteiger partial charge in [0.05, 0.1) is 12.2 Å². The highest BCUT2D eigenvalue weighted by Crippen LogP contribution is 2.16. The fourth-order valence-corrected chi connectivity index (χ4v) is 2.01. The van der Waals surface area contributed by atoms with Crippen LogP contribution in [-0.2, 0) is 4.74 Å². The van der Waals surface area contributed by atoms with Crippen LogP contribution in [0, 0.1) is 6.92 Å². The van der Waals surface area contributed by atoms with Gasteiger partial charge in [0.15, 0.2) is 0 Å². The number of hydrogen-bond acceptors (Lipinski definition) is 3. The third-order valence-corrected chi connectivity index (χ3v) is 3.16. The maximum Gasteiger partial charge on any atom is 0.338 e. The van der Waals surface area contributed by atoms with Crippen molar-refractivity contribution in [3.05, 3.63) is 71.3 Å². The number of hydrogen-bond donors (Lipinski definition) is 1. The molecule has 0 bridgehead atoms. The van der Waals surface area contributed by atoms with Crippen molar-refractivity contribution < 1.29 is 14.6 Å². The summed E-state index contributed by atoms with van der Waals surface area (Å²) in [4.78, 5) is 11.9. The smallest absolute Gasteiger partial charge is 0.338 e. The zero-order valence-electron chi connectivity index (χ0n) is 11.5. The summed E-state index contributed by atoms with van der Waals surface area (Å²) in [5.41, 5.74) is 2.52. The summed E-state index contributed by atoms with van der Waals surface area (Å²) in [5.74, 6) is -0.548. The van der Waals surface area contributed by atoms with Crippen molar-refractivity contribution in [2.45, 2.75) is 12.8 Å². The van der Waals surface area contributed by atoms with Crippen LogP contribution in [0.25, 0.3) is 0 Å². The summed E-state index contributed by atoms with van der Waals surface area (Å²) < 4.78 is 5.29. The molecule has 3 nitrogen and oxygen atoms in total. The second kappa shape index (κ2) is 6.87. The van der Waals surface area contributed by atoms with E-state index in [9.17, 15) is 9.90 Å². The van der Waals surface area contributed by atoms with Crippen molar-refractivity contribution in [3.63, 3.8) is 0 Å². The Hall–Kier alpha value is -2.13. The SMILES string of the molecule is Cc1cccc(C(=O)OCC(CO)c2ccccc2)c1. The molecule has 1 unspecified atom stereocenters. The molecular formula is C17H18O3. The summed E-state index contributed by atoms with van der Waals surface area (Å²) in [7, 11) is 0. The number of rotatable bonds is 5. The molecule has 3 heteroatoms. The van der Waals surface area contributed by atoms with Crippen molar-refractivity contribution in [3.8, 4) is 0 Å². The summed E-state index contributed by atoms with van der Waals surface area (Å²) in [5, 5.41) is 9.42. The first-order valence-corrected chi connectivity index (χ1v) is 6.60. The molecule has 1 N–H and O–H groups in total. The number of aliphatic hydroxyl groups excluding tert-OH is 1. The van der Waals surface area contributed by atoms with Crippen LogP contribution >= 0.6 is 0 Å². The van der Waals surface area contributed by atoms with E-state index in [0.717, 1.165) is 11.1 Å². The van der Waals surface area contributed by atoms with Gasteiger partial charge in [-0.25, -0.2) is 4.79 Å². The Morgan fingerprint density at radius 2 is 1.90 bits per heavy atom. The van der Waals surface area contributed by atoms with E-state index in [1.54, 1.807) is 12.1 Å². The molecule has 0 spiro atoms. The van der Waals surface area contributed by atoms with Gasteiger partial charge in [0.25, 0.3) is 0 Å². The first-order chi connectivity index (χ1) is 9.70.